The van der Waals surface area contributed by atoms with Gasteiger partial charge in [0.1, 0.15) is 5.76 Å². The summed E-state index contributed by atoms with van der Waals surface area (Å²) >= 11 is 1.54. The van der Waals surface area contributed by atoms with Crippen molar-refractivity contribution in [3.05, 3.63) is 71.5 Å². The number of carbonyl (C=O) groups is 1. The monoisotopic (exact) mass is 441 g/mol. The van der Waals surface area contributed by atoms with Gasteiger partial charge in [-0.05, 0) is 55.9 Å². The van der Waals surface area contributed by atoms with E-state index in [1.54, 1.807) is 19.1 Å². The Morgan fingerprint density at radius 3 is 2.70 bits per heavy atom. The molecule has 2 aromatic heterocycles. The van der Waals surface area contributed by atoms with Crippen molar-refractivity contribution in [1.82, 2.24) is 15.0 Å². The lowest BCUT2D eigenvalue weighted by molar-refractivity contribution is 0.0947. The van der Waals surface area contributed by atoms with Gasteiger partial charge in [-0.3, -0.25) is 4.79 Å². The summed E-state index contributed by atoms with van der Waals surface area (Å²) in [6.07, 6.45) is 0. The number of nitrogens with zero attached hydrogens (tertiary/aromatic N) is 1. The molecule has 0 aliphatic carbocycles. The number of rotatable bonds is 6. The molecule has 2 N–H and O–H groups in total. The van der Waals surface area contributed by atoms with E-state index in [2.05, 4.69) is 15.0 Å². The summed E-state index contributed by atoms with van der Waals surface area (Å²) in [6, 6.07) is 15.9. The summed E-state index contributed by atoms with van der Waals surface area (Å²) in [4.78, 5) is 17.2. The van der Waals surface area contributed by atoms with Gasteiger partial charge in [-0.2, -0.15) is 0 Å². The van der Waals surface area contributed by atoms with Crippen molar-refractivity contribution in [2.75, 3.05) is 7.05 Å². The second-order valence-electron chi connectivity index (χ2n) is 6.62. The van der Waals surface area contributed by atoms with Crippen LogP contribution < -0.4 is 10.0 Å². The molecular weight excluding hydrogens is 422 g/mol. The molecule has 154 valence electrons. The van der Waals surface area contributed by atoms with E-state index in [1.165, 1.54) is 30.5 Å². The number of nitrogens with one attached hydrogen (secondary N) is 2. The lowest BCUT2D eigenvalue weighted by atomic mass is 10.1. The molecule has 0 saturated carbocycles. The van der Waals surface area contributed by atoms with Gasteiger partial charge >= 0.3 is 0 Å². The molecule has 0 bridgehead atoms. The first-order chi connectivity index (χ1) is 14.4. The molecule has 0 aliphatic rings. The molecule has 1 amide bonds. The van der Waals surface area contributed by atoms with Crippen LogP contribution in [-0.4, -0.2) is 26.4 Å². The Kier molecular flexibility index (Phi) is 5.42. The summed E-state index contributed by atoms with van der Waals surface area (Å²) in [6.45, 7) is 1.93. The molecule has 0 saturated heterocycles. The van der Waals surface area contributed by atoms with E-state index in [-0.39, 0.29) is 17.3 Å². The van der Waals surface area contributed by atoms with Crippen LogP contribution in [0.5, 0.6) is 0 Å². The second kappa shape index (κ2) is 8.02. The number of hydrogen-bond donors (Lipinski definition) is 2. The highest BCUT2D eigenvalue weighted by Gasteiger charge is 2.17. The van der Waals surface area contributed by atoms with E-state index in [4.69, 9.17) is 4.42 Å². The van der Waals surface area contributed by atoms with Crippen LogP contribution in [0.2, 0.25) is 0 Å². The van der Waals surface area contributed by atoms with Crippen LogP contribution in [-0.2, 0) is 16.6 Å². The first kappa shape index (κ1) is 20.3. The number of para-hydroxylation sites is 1. The van der Waals surface area contributed by atoms with Crippen molar-refractivity contribution in [3.8, 4) is 10.8 Å². The van der Waals surface area contributed by atoms with Crippen molar-refractivity contribution in [1.29, 1.82) is 0 Å². The summed E-state index contributed by atoms with van der Waals surface area (Å²) < 4.78 is 33.2. The Bertz CT molecular complexity index is 1310. The highest BCUT2D eigenvalue weighted by Crippen LogP contribution is 2.31. The van der Waals surface area contributed by atoms with E-state index in [0.717, 1.165) is 15.2 Å². The van der Waals surface area contributed by atoms with Crippen LogP contribution in [0.3, 0.4) is 0 Å². The maximum Gasteiger partial charge on any atom is 0.251 e. The van der Waals surface area contributed by atoms with Gasteiger partial charge in [0.25, 0.3) is 5.91 Å². The van der Waals surface area contributed by atoms with Crippen molar-refractivity contribution in [2.24, 2.45) is 0 Å². The summed E-state index contributed by atoms with van der Waals surface area (Å²) in [5, 5.41) is 3.55. The zero-order valence-corrected chi connectivity index (χ0v) is 17.9. The lowest BCUT2D eigenvalue weighted by Gasteiger charge is -2.09. The van der Waals surface area contributed by atoms with Gasteiger partial charge in [0.2, 0.25) is 10.0 Å². The molecule has 9 heteroatoms. The summed E-state index contributed by atoms with van der Waals surface area (Å²) in [5.41, 5.74) is 1.89. The van der Waals surface area contributed by atoms with Gasteiger partial charge in [0, 0.05) is 5.56 Å². The van der Waals surface area contributed by atoms with Crippen LogP contribution in [0.25, 0.3) is 21.0 Å². The molecule has 4 rings (SSSR count). The molecule has 4 aromatic rings. The number of amides is 1. The van der Waals surface area contributed by atoms with Crippen molar-refractivity contribution in [2.45, 2.75) is 18.4 Å². The normalized spacial score (nSPS) is 11.7. The number of aromatic nitrogens is 1. The van der Waals surface area contributed by atoms with Gasteiger partial charge in [-0.1, -0.05) is 18.2 Å². The molecule has 2 heterocycles. The molecule has 0 unspecified atom stereocenters. The number of carbonyl (C=O) groups excluding carboxylic acids is 1. The van der Waals surface area contributed by atoms with Gasteiger partial charge in [0.05, 0.1) is 21.7 Å². The second-order valence-corrected chi connectivity index (χ2v) is 9.54. The smallest absolute Gasteiger partial charge is 0.251 e. The quantitative estimate of drug-likeness (QED) is 0.475. The third-order valence-corrected chi connectivity index (χ3v) is 7.09. The number of benzene rings is 2. The maximum absolute atomic E-state index is 12.6. The molecule has 2 aromatic carbocycles. The summed E-state index contributed by atoms with van der Waals surface area (Å²) in [5.74, 6) is 0.839. The minimum Gasteiger partial charge on any atom is -0.457 e. The number of fused-ring (bicyclic) bond motifs is 1. The van der Waals surface area contributed by atoms with Crippen LogP contribution in [0, 0.1) is 6.92 Å². The van der Waals surface area contributed by atoms with Crippen molar-refractivity contribution >= 4 is 37.5 Å². The molecule has 0 spiro atoms. The third-order valence-electron chi connectivity index (χ3n) is 4.62. The first-order valence-electron chi connectivity index (χ1n) is 9.14. The molecule has 0 fully saturated rings. The van der Waals surface area contributed by atoms with Crippen LogP contribution in [0.4, 0.5) is 0 Å². The number of thiazole rings is 1. The number of aryl methyl sites for hydroxylation is 1. The first-order valence-corrected chi connectivity index (χ1v) is 11.4. The highest BCUT2D eigenvalue weighted by molar-refractivity contribution is 7.89. The Labute approximate surface area is 177 Å². The van der Waals surface area contributed by atoms with Crippen LogP contribution in [0.1, 0.15) is 21.7 Å². The minimum atomic E-state index is -3.63. The Hall–Kier alpha value is -3.01. The van der Waals surface area contributed by atoms with E-state index in [1.807, 2.05) is 30.3 Å². The average Bonchev–Trinajstić information content (AvgIpc) is 3.39. The Morgan fingerprint density at radius 1 is 1.13 bits per heavy atom. The topological polar surface area (TPSA) is 101 Å². The van der Waals surface area contributed by atoms with Crippen LogP contribution >= 0.6 is 11.3 Å². The molecule has 0 aliphatic heterocycles. The molecule has 0 atom stereocenters. The Morgan fingerprint density at radius 2 is 1.93 bits per heavy atom. The zero-order chi connectivity index (χ0) is 21.3. The van der Waals surface area contributed by atoms with E-state index < -0.39 is 10.0 Å². The highest BCUT2D eigenvalue weighted by atomic mass is 32.2. The fraction of sp³-hybridized carbons (Fsp3) is 0.143. The minimum absolute atomic E-state index is 0.0388. The van der Waals surface area contributed by atoms with E-state index in [0.29, 0.717) is 22.6 Å². The van der Waals surface area contributed by atoms with Crippen molar-refractivity contribution < 1.29 is 17.6 Å². The fourth-order valence-corrected chi connectivity index (χ4v) is 4.64. The third kappa shape index (κ3) is 4.00. The Balaban J connectivity index is 1.49. The fourth-order valence-electron chi connectivity index (χ4n) is 2.96. The van der Waals surface area contributed by atoms with Gasteiger partial charge < -0.3 is 9.73 Å². The van der Waals surface area contributed by atoms with E-state index in [9.17, 15) is 13.2 Å². The van der Waals surface area contributed by atoms with Crippen molar-refractivity contribution in [3.63, 3.8) is 0 Å². The predicted molar refractivity (Wildman–Crippen MR) is 116 cm³/mol. The largest absolute Gasteiger partial charge is 0.457 e. The summed E-state index contributed by atoms with van der Waals surface area (Å²) in [7, 11) is -2.30. The average molecular weight is 442 g/mol. The molecule has 7 nitrogen and oxygen atoms in total. The molecule has 30 heavy (non-hydrogen) atoms. The molecular formula is C21H19N3O4S2. The predicted octanol–water partition coefficient (Wildman–Crippen LogP) is 3.70. The van der Waals surface area contributed by atoms with Gasteiger partial charge in [-0.25, -0.2) is 18.1 Å². The SMILES string of the molecule is CNS(=O)(=O)c1ccc(C)c(C(=O)NCc2ccc(-c3nc4ccccc4s3)o2)c1. The zero-order valence-electron chi connectivity index (χ0n) is 16.3. The van der Waals surface area contributed by atoms with Crippen LogP contribution in [0.15, 0.2) is 63.9 Å². The number of furan rings is 1. The number of sulfonamides is 1. The lowest BCUT2D eigenvalue weighted by Crippen LogP contribution is -2.24. The van der Waals surface area contributed by atoms with E-state index >= 15 is 0 Å². The molecule has 0 radical (unpaired) electrons. The maximum atomic E-state index is 12.6. The number of hydrogen-bond acceptors (Lipinski definition) is 6. The standard InChI is InChI=1S/C21H19N3O4S2/c1-13-7-9-15(30(26,27)22-2)11-16(13)20(25)23-12-14-8-10-18(28-14)21-24-17-5-3-4-6-19(17)29-21/h3-11,22H,12H2,1-2H3,(H,23,25). The van der Waals surface area contributed by atoms with Gasteiger partial charge in [-0.15, -0.1) is 11.3 Å². The van der Waals surface area contributed by atoms with Gasteiger partial charge in [0.15, 0.2) is 10.8 Å².